The molecule has 162 valence electrons. The quantitative estimate of drug-likeness (QED) is 0.396. The maximum atomic E-state index is 12.9. The molecule has 32 heavy (non-hydrogen) atoms. The molecule has 0 spiro atoms. The summed E-state index contributed by atoms with van der Waals surface area (Å²) in [4.78, 5) is 17.5. The fourth-order valence-corrected chi connectivity index (χ4v) is 4.84. The van der Waals surface area contributed by atoms with Gasteiger partial charge in [-0.3, -0.25) is 14.8 Å². The third-order valence-corrected chi connectivity index (χ3v) is 6.96. The van der Waals surface area contributed by atoms with Crippen LogP contribution in [0.4, 0.5) is 10.8 Å². The van der Waals surface area contributed by atoms with Gasteiger partial charge in [-0.1, -0.05) is 59.7 Å². The maximum Gasteiger partial charge on any atom is 0.261 e. The zero-order chi connectivity index (χ0) is 22.7. The summed E-state index contributed by atoms with van der Waals surface area (Å²) in [6.07, 6.45) is 0. The molecule has 4 aromatic rings. The largest absolute Gasteiger partial charge is 0.298 e. The monoisotopic (exact) mass is 463 g/mol. The molecular formula is C24H21N3O3S2. The lowest BCUT2D eigenvalue weighted by atomic mass is 10.1. The summed E-state index contributed by atoms with van der Waals surface area (Å²) in [5, 5.41) is 5.07. The number of carbonyl (C=O) groups excluding carboxylic acids is 1. The molecule has 2 N–H and O–H groups in total. The van der Waals surface area contributed by atoms with E-state index in [1.807, 2.05) is 43.5 Å². The first-order valence-corrected chi connectivity index (χ1v) is 12.2. The Labute approximate surface area is 191 Å². The van der Waals surface area contributed by atoms with E-state index in [1.54, 1.807) is 36.4 Å². The number of aromatic nitrogens is 1. The molecule has 1 aromatic heterocycles. The van der Waals surface area contributed by atoms with Crippen molar-refractivity contribution < 1.29 is 13.2 Å². The molecule has 0 unspecified atom stereocenters. The zero-order valence-electron chi connectivity index (χ0n) is 17.5. The molecule has 0 saturated heterocycles. The standard InChI is InChI=1S/C24H21N3O3S2/c1-16-7-11-18(12-8-16)22-15-31-24(25-22)26-23(28)20-5-3-4-6-21(20)27-32(29,30)19-13-9-17(2)10-14-19/h3-15,27H,1-2H3,(H,25,26,28). The fraction of sp³-hybridized carbons (Fsp3) is 0.0833. The highest BCUT2D eigenvalue weighted by atomic mass is 32.2. The SMILES string of the molecule is Cc1ccc(-c2csc(NC(=O)c3ccccc3NS(=O)(=O)c3ccc(C)cc3)n2)cc1. The van der Waals surface area contributed by atoms with Crippen LogP contribution in [0.2, 0.25) is 0 Å². The van der Waals surface area contributed by atoms with Crippen LogP contribution in [0, 0.1) is 13.8 Å². The van der Waals surface area contributed by atoms with Crippen molar-refractivity contribution in [1.29, 1.82) is 0 Å². The summed E-state index contributed by atoms with van der Waals surface area (Å²) in [6, 6.07) is 20.9. The van der Waals surface area contributed by atoms with Crippen LogP contribution in [0.1, 0.15) is 21.5 Å². The Balaban J connectivity index is 1.54. The molecule has 0 aliphatic carbocycles. The molecule has 0 saturated carbocycles. The van der Waals surface area contributed by atoms with E-state index < -0.39 is 15.9 Å². The van der Waals surface area contributed by atoms with Crippen molar-refractivity contribution in [3.05, 3.63) is 94.9 Å². The smallest absolute Gasteiger partial charge is 0.261 e. The Morgan fingerprint density at radius 1 is 0.875 bits per heavy atom. The Hall–Kier alpha value is -3.49. The van der Waals surface area contributed by atoms with Gasteiger partial charge in [0, 0.05) is 10.9 Å². The minimum atomic E-state index is -3.84. The number of nitrogens with zero attached hydrogens (tertiary/aromatic N) is 1. The van der Waals surface area contributed by atoms with E-state index in [-0.39, 0.29) is 16.1 Å². The van der Waals surface area contributed by atoms with Gasteiger partial charge in [-0.15, -0.1) is 11.3 Å². The zero-order valence-corrected chi connectivity index (χ0v) is 19.1. The van der Waals surface area contributed by atoms with E-state index in [0.717, 1.165) is 22.4 Å². The number of hydrogen-bond acceptors (Lipinski definition) is 5. The van der Waals surface area contributed by atoms with Gasteiger partial charge in [0.05, 0.1) is 21.8 Å². The van der Waals surface area contributed by atoms with E-state index in [4.69, 9.17) is 0 Å². The van der Waals surface area contributed by atoms with Crippen LogP contribution < -0.4 is 10.0 Å². The molecule has 4 rings (SSSR count). The fourth-order valence-electron chi connectivity index (χ4n) is 3.04. The third-order valence-electron chi connectivity index (χ3n) is 4.82. The second kappa shape index (κ2) is 8.94. The number of aryl methyl sites for hydroxylation is 2. The van der Waals surface area contributed by atoms with Crippen molar-refractivity contribution in [2.45, 2.75) is 18.7 Å². The molecule has 0 aliphatic rings. The molecule has 0 radical (unpaired) electrons. The average Bonchev–Trinajstić information content (AvgIpc) is 3.23. The molecule has 0 bridgehead atoms. The molecule has 1 heterocycles. The van der Waals surface area contributed by atoms with Crippen LogP contribution in [0.3, 0.4) is 0 Å². The van der Waals surface area contributed by atoms with Gasteiger partial charge in [0.25, 0.3) is 15.9 Å². The van der Waals surface area contributed by atoms with E-state index in [9.17, 15) is 13.2 Å². The van der Waals surface area contributed by atoms with Gasteiger partial charge in [0.2, 0.25) is 0 Å². The lowest BCUT2D eigenvalue weighted by molar-refractivity contribution is 0.102. The summed E-state index contributed by atoms with van der Waals surface area (Å²) in [5.74, 6) is -0.447. The Bertz CT molecular complexity index is 1360. The highest BCUT2D eigenvalue weighted by Gasteiger charge is 2.19. The van der Waals surface area contributed by atoms with E-state index in [2.05, 4.69) is 15.0 Å². The molecule has 0 aliphatic heterocycles. The van der Waals surface area contributed by atoms with Crippen molar-refractivity contribution in [1.82, 2.24) is 4.98 Å². The van der Waals surface area contributed by atoms with Crippen LogP contribution in [-0.4, -0.2) is 19.3 Å². The summed E-state index contributed by atoms with van der Waals surface area (Å²) in [6.45, 7) is 3.90. The van der Waals surface area contributed by atoms with Gasteiger partial charge in [-0.2, -0.15) is 0 Å². The van der Waals surface area contributed by atoms with Gasteiger partial charge >= 0.3 is 0 Å². The average molecular weight is 464 g/mol. The second-order valence-corrected chi connectivity index (χ2v) is 9.86. The van der Waals surface area contributed by atoms with Crippen LogP contribution >= 0.6 is 11.3 Å². The van der Waals surface area contributed by atoms with Crippen molar-refractivity contribution in [2.75, 3.05) is 10.0 Å². The van der Waals surface area contributed by atoms with Crippen molar-refractivity contribution in [3.8, 4) is 11.3 Å². The van der Waals surface area contributed by atoms with Crippen molar-refractivity contribution in [2.24, 2.45) is 0 Å². The molecule has 0 atom stereocenters. The first-order chi connectivity index (χ1) is 15.3. The number of rotatable bonds is 6. The number of carbonyl (C=O) groups is 1. The minimum absolute atomic E-state index is 0.126. The highest BCUT2D eigenvalue weighted by molar-refractivity contribution is 7.92. The summed E-state index contributed by atoms with van der Waals surface area (Å²) in [7, 11) is -3.84. The van der Waals surface area contributed by atoms with E-state index >= 15 is 0 Å². The summed E-state index contributed by atoms with van der Waals surface area (Å²) in [5.41, 5.74) is 4.23. The molecular weight excluding hydrogens is 442 g/mol. The van der Waals surface area contributed by atoms with E-state index in [0.29, 0.717) is 5.13 Å². The van der Waals surface area contributed by atoms with Crippen molar-refractivity contribution in [3.63, 3.8) is 0 Å². The Kier molecular flexibility index (Phi) is 6.07. The molecule has 1 amide bonds. The Morgan fingerprint density at radius 2 is 1.50 bits per heavy atom. The van der Waals surface area contributed by atoms with Crippen LogP contribution in [0.25, 0.3) is 11.3 Å². The van der Waals surface area contributed by atoms with Gasteiger partial charge in [-0.25, -0.2) is 13.4 Å². The van der Waals surface area contributed by atoms with Crippen LogP contribution in [-0.2, 0) is 10.0 Å². The molecule has 3 aromatic carbocycles. The molecule has 8 heteroatoms. The van der Waals surface area contributed by atoms with Gasteiger partial charge in [0.15, 0.2) is 5.13 Å². The van der Waals surface area contributed by atoms with Crippen molar-refractivity contribution >= 4 is 38.1 Å². The maximum absolute atomic E-state index is 12.9. The first kappa shape index (κ1) is 21.7. The number of anilines is 2. The topological polar surface area (TPSA) is 88.2 Å². The predicted molar refractivity (Wildman–Crippen MR) is 129 cm³/mol. The Morgan fingerprint density at radius 3 is 2.19 bits per heavy atom. The van der Waals surface area contributed by atoms with Gasteiger partial charge < -0.3 is 0 Å². The van der Waals surface area contributed by atoms with Gasteiger partial charge in [0.1, 0.15) is 0 Å². The number of sulfonamides is 1. The third kappa shape index (κ3) is 4.87. The number of amides is 1. The highest BCUT2D eigenvalue weighted by Crippen LogP contribution is 2.27. The number of thiazole rings is 1. The lowest BCUT2D eigenvalue weighted by Crippen LogP contribution is -2.18. The number of benzene rings is 3. The van der Waals surface area contributed by atoms with Gasteiger partial charge in [-0.05, 0) is 38.1 Å². The van der Waals surface area contributed by atoms with Crippen LogP contribution in [0.5, 0.6) is 0 Å². The number of para-hydroxylation sites is 1. The molecule has 0 fully saturated rings. The summed E-state index contributed by atoms with van der Waals surface area (Å²) < 4.78 is 28.1. The minimum Gasteiger partial charge on any atom is -0.298 e. The normalized spacial score (nSPS) is 11.2. The van der Waals surface area contributed by atoms with Crippen LogP contribution in [0.15, 0.2) is 83.1 Å². The lowest BCUT2D eigenvalue weighted by Gasteiger charge is -2.12. The number of nitrogens with one attached hydrogen (secondary N) is 2. The number of hydrogen-bond donors (Lipinski definition) is 2. The van der Waals surface area contributed by atoms with E-state index in [1.165, 1.54) is 23.5 Å². The predicted octanol–water partition coefficient (Wildman–Crippen LogP) is 5.48. The summed E-state index contributed by atoms with van der Waals surface area (Å²) >= 11 is 1.31. The second-order valence-electron chi connectivity index (χ2n) is 7.32. The molecule has 6 nitrogen and oxygen atoms in total. The first-order valence-electron chi connectivity index (χ1n) is 9.84.